The van der Waals surface area contributed by atoms with E-state index in [-0.39, 0.29) is 5.78 Å². The van der Waals surface area contributed by atoms with Gasteiger partial charge in [-0.05, 0) is 49.9 Å². The molecule has 4 nitrogen and oxygen atoms in total. The molecule has 0 saturated carbocycles. The van der Waals surface area contributed by atoms with E-state index < -0.39 is 5.41 Å². The van der Waals surface area contributed by atoms with Crippen LogP contribution in [0, 0.1) is 26.2 Å². The standard InChI is InChI=1S/C26H31NO3/c1-17-12-18(2)23(19(3)13-17)24-22(30-16-21-10-8-7-9-11-21)15-26(5,25(24)28)14-20(4)27-29-6/h7-13H,14-16H2,1-6H3. The van der Waals surface area contributed by atoms with Crippen molar-refractivity contribution >= 4 is 17.1 Å². The molecule has 0 heterocycles. The van der Waals surface area contributed by atoms with Gasteiger partial charge >= 0.3 is 0 Å². The Labute approximate surface area is 179 Å². The molecule has 2 aromatic rings. The molecule has 158 valence electrons. The van der Waals surface area contributed by atoms with Crippen LogP contribution in [0.2, 0.25) is 0 Å². The van der Waals surface area contributed by atoms with Gasteiger partial charge in [-0.2, -0.15) is 0 Å². The van der Waals surface area contributed by atoms with Gasteiger partial charge in [0.15, 0.2) is 5.78 Å². The Morgan fingerprint density at radius 2 is 1.73 bits per heavy atom. The summed E-state index contributed by atoms with van der Waals surface area (Å²) in [6.45, 7) is 10.6. The fraction of sp³-hybridized carbons (Fsp3) is 0.385. The third kappa shape index (κ3) is 4.48. The molecule has 1 atom stereocenters. The molecule has 2 aromatic carbocycles. The summed E-state index contributed by atoms with van der Waals surface area (Å²) in [6, 6.07) is 14.3. The topological polar surface area (TPSA) is 47.9 Å². The maximum absolute atomic E-state index is 13.7. The molecule has 0 bridgehead atoms. The highest BCUT2D eigenvalue weighted by Crippen LogP contribution is 2.47. The maximum Gasteiger partial charge on any atom is 0.173 e. The minimum atomic E-state index is -0.600. The summed E-state index contributed by atoms with van der Waals surface area (Å²) in [7, 11) is 1.53. The summed E-state index contributed by atoms with van der Waals surface area (Å²) in [5, 5.41) is 4.04. The Morgan fingerprint density at radius 1 is 1.10 bits per heavy atom. The van der Waals surface area contributed by atoms with E-state index in [1.807, 2.05) is 44.2 Å². The van der Waals surface area contributed by atoms with Crippen LogP contribution in [0.4, 0.5) is 0 Å². The van der Waals surface area contributed by atoms with Crippen LogP contribution in [-0.2, 0) is 21.0 Å². The van der Waals surface area contributed by atoms with E-state index in [9.17, 15) is 4.79 Å². The van der Waals surface area contributed by atoms with E-state index in [0.29, 0.717) is 25.0 Å². The number of oxime groups is 1. The minimum absolute atomic E-state index is 0.117. The molecule has 0 aromatic heterocycles. The van der Waals surface area contributed by atoms with Gasteiger partial charge in [-0.3, -0.25) is 4.79 Å². The number of carbonyl (C=O) groups is 1. The van der Waals surface area contributed by atoms with Crippen molar-refractivity contribution in [3.8, 4) is 0 Å². The lowest BCUT2D eigenvalue weighted by Gasteiger charge is -2.22. The van der Waals surface area contributed by atoms with Crippen molar-refractivity contribution < 1.29 is 14.4 Å². The fourth-order valence-corrected chi connectivity index (χ4v) is 4.54. The smallest absolute Gasteiger partial charge is 0.173 e. The molecule has 0 aliphatic heterocycles. The maximum atomic E-state index is 13.7. The summed E-state index contributed by atoms with van der Waals surface area (Å²) in [5.41, 5.74) is 6.39. The van der Waals surface area contributed by atoms with Crippen molar-refractivity contribution in [2.45, 2.75) is 54.1 Å². The summed E-state index contributed by atoms with van der Waals surface area (Å²) in [4.78, 5) is 18.7. The number of benzene rings is 2. The summed E-state index contributed by atoms with van der Waals surface area (Å²) in [6.07, 6.45) is 1.09. The van der Waals surface area contributed by atoms with Crippen LogP contribution in [0.5, 0.6) is 0 Å². The van der Waals surface area contributed by atoms with Crippen molar-refractivity contribution in [1.29, 1.82) is 0 Å². The van der Waals surface area contributed by atoms with Crippen LogP contribution in [0.15, 0.2) is 53.4 Å². The number of nitrogens with zero attached hydrogens (tertiary/aromatic N) is 1. The molecule has 0 N–H and O–H groups in total. The Hall–Kier alpha value is -2.88. The first-order valence-electron chi connectivity index (χ1n) is 10.3. The molecular formula is C26H31NO3. The highest BCUT2D eigenvalue weighted by molar-refractivity contribution is 6.27. The van der Waals surface area contributed by atoms with E-state index in [1.54, 1.807) is 0 Å². The second-order valence-electron chi connectivity index (χ2n) is 8.60. The highest BCUT2D eigenvalue weighted by Gasteiger charge is 2.46. The Kier molecular flexibility index (Phi) is 6.45. The monoisotopic (exact) mass is 405 g/mol. The molecule has 4 heteroatoms. The quantitative estimate of drug-likeness (QED) is 0.424. The Bertz CT molecular complexity index is 981. The zero-order valence-corrected chi connectivity index (χ0v) is 18.8. The van der Waals surface area contributed by atoms with Crippen LogP contribution in [0.3, 0.4) is 0 Å². The second-order valence-corrected chi connectivity index (χ2v) is 8.60. The molecular weight excluding hydrogens is 374 g/mol. The number of allylic oxidation sites excluding steroid dienone is 2. The van der Waals surface area contributed by atoms with Gasteiger partial charge in [-0.15, -0.1) is 0 Å². The van der Waals surface area contributed by atoms with Crippen molar-refractivity contribution in [3.63, 3.8) is 0 Å². The summed E-state index contributed by atoms with van der Waals surface area (Å²) >= 11 is 0. The number of carbonyl (C=O) groups excluding carboxylic acids is 1. The van der Waals surface area contributed by atoms with Crippen LogP contribution in [-0.4, -0.2) is 18.6 Å². The Balaban J connectivity index is 2.03. The average molecular weight is 406 g/mol. The largest absolute Gasteiger partial charge is 0.492 e. The van der Waals surface area contributed by atoms with Crippen LogP contribution in [0.25, 0.3) is 5.57 Å². The number of ether oxygens (including phenoxy) is 1. The van der Waals surface area contributed by atoms with Crippen LogP contribution >= 0.6 is 0 Å². The van der Waals surface area contributed by atoms with Crippen molar-refractivity contribution in [1.82, 2.24) is 0 Å². The zero-order valence-electron chi connectivity index (χ0n) is 18.8. The number of ketones is 1. The lowest BCUT2D eigenvalue weighted by molar-refractivity contribution is -0.120. The number of rotatable bonds is 7. The molecule has 0 spiro atoms. The molecule has 0 saturated heterocycles. The van der Waals surface area contributed by atoms with Gasteiger partial charge < -0.3 is 9.57 Å². The van der Waals surface area contributed by atoms with E-state index in [1.165, 1.54) is 12.7 Å². The van der Waals surface area contributed by atoms with Gasteiger partial charge in [-0.1, -0.05) is 60.1 Å². The molecule has 1 aliphatic carbocycles. The van der Waals surface area contributed by atoms with E-state index in [0.717, 1.165) is 33.7 Å². The third-order valence-corrected chi connectivity index (χ3v) is 5.68. The summed E-state index contributed by atoms with van der Waals surface area (Å²) < 4.78 is 6.29. The predicted molar refractivity (Wildman–Crippen MR) is 121 cm³/mol. The van der Waals surface area contributed by atoms with Gasteiger partial charge in [0, 0.05) is 18.3 Å². The van der Waals surface area contributed by atoms with Gasteiger partial charge in [0.05, 0.1) is 11.3 Å². The van der Waals surface area contributed by atoms with Crippen molar-refractivity contribution in [2.75, 3.05) is 7.11 Å². The number of aryl methyl sites for hydroxylation is 3. The number of Topliss-reactive ketones (excluding diaryl/α,β-unsaturated/α-hetero) is 1. The number of hydrogen-bond donors (Lipinski definition) is 0. The first-order valence-corrected chi connectivity index (χ1v) is 10.3. The van der Waals surface area contributed by atoms with Gasteiger partial charge in [0.1, 0.15) is 19.5 Å². The average Bonchev–Trinajstić information content (AvgIpc) is 2.91. The first-order chi connectivity index (χ1) is 14.2. The second kappa shape index (κ2) is 8.86. The molecule has 3 rings (SSSR count). The van der Waals surface area contributed by atoms with E-state index in [2.05, 4.69) is 38.1 Å². The third-order valence-electron chi connectivity index (χ3n) is 5.68. The molecule has 1 aliphatic rings. The van der Waals surface area contributed by atoms with E-state index in [4.69, 9.17) is 9.57 Å². The lowest BCUT2D eigenvalue weighted by Crippen LogP contribution is -2.27. The van der Waals surface area contributed by atoms with E-state index >= 15 is 0 Å². The SMILES string of the molecule is CON=C(C)CC1(C)CC(OCc2ccccc2)=C(c2c(C)cc(C)cc2C)C1=O. The molecule has 30 heavy (non-hydrogen) atoms. The van der Waals surface area contributed by atoms with Crippen molar-refractivity contribution in [2.24, 2.45) is 10.6 Å². The van der Waals surface area contributed by atoms with Gasteiger partial charge in [0.2, 0.25) is 0 Å². The Morgan fingerprint density at radius 3 is 2.33 bits per heavy atom. The van der Waals surface area contributed by atoms with Crippen LogP contribution < -0.4 is 0 Å². The molecule has 0 fully saturated rings. The fourth-order valence-electron chi connectivity index (χ4n) is 4.54. The lowest BCUT2D eigenvalue weighted by atomic mass is 9.79. The van der Waals surface area contributed by atoms with Gasteiger partial charge in [0.25, 0.3) is 0 Å². The first kappa shape index (κ1) is 21.8. The zero-order chi connectivity index (χ0) is 21.9. The normalized spacial score (nSPS) is 19.4. The highest BCUT2D eigenvalue weighted by atomic mass is 16.6. The number of hydrogen-bond acceptors (Lipinski definition) is 4. The minimum Gasteiger partial charge on any atom is -0.492 e. The summed E-state index contributed by atoms with van der Waals surface area (Å²) in [5.74, 6) is 0.887. The van der Waals surface area contributed by atoms with Crippen LogP contribution in [0.1, 0.15) is 54.5 Å². The molecule has 1 unspecified atom stereocenters. The molecule has 0 amide bonds. The van der Waals surface area contributed by atoms with Crippen molar-refractivity contribution in [3.05, 3.63) is 76.0 Å². The predicted octanol–water partition coefficient (Wildman–Crippen LogP) is 5.93. The molecule has 0 radical (unpaired) electrons. The van der Waals surface area contributed by atoms with Gasteiger partial charge in [-0.25, -0.2) is 0 Å².